The van der Waals surface area contributed by atoms with E-state index in [4.69, 9.17) is 0 Å². The molecule has 0 bridgehead atoms. The van der Waals surface area contributed by atoms with Gasteiger partial charge in [-0.1, -0.05) is 0 Å². The summed E-state index contributed by atoms with van der Waals surface area (Å²) in [5.74, 6) is 0. The third-order valence-corrected chi connectivity index (χ3v) is 14.2. The average molecular weight is 407 g/mol. The summed E-state index contributed by atoms with van der Waals surface area (Å²) < 4.78 is 4.34. The van der Waals surface area contributed by atoms with Gasteiger partial charge in [0.15, 0.2) is 0 Å². The van der Waals surface area contributed by atoms with E-state index in [-0.39, 0.29) is 0 Å². The van der Waals surface area contributed by atoms with Gasteiger partial charge < -0.3 is 0 Å². The van der Waals surface area contributed by atoms with Crippen molar-refractivity contribution < 1.29 is 0 Å². The molecule has 0 saturated carbocycles. The minimum atomic E-state index is -2.97. The summed E-state index contributed by atoms with van der Waals surface area (Å²) in [6, 6.07) is 43.7. The van der Waals surface area contributed by atoms with Crippen LogP contribution in [0.5, 0.6) is 0 Å². The van der Waals surface area contributed by atoms with Gasteiger partial charge in [0, 0.05) is 0 Å². The van der Waals surface area contributed by atoms with Crippen LogP contribution in [0.15, 0.2) is 126 Å². The van der Waals surface area contributed by atoms with Crippen LogP contribution in [0.2, 0.25) is 0 Å². The van der Waals surface area contributed by atoms with Crippen LogP contribution in [0.25, 0.3) is 6.08 Å². The summed E-state index contributed by atoms with van der Waals surface area (Å²) in [7, 11) is 0. The zero-order valence-corrected chi connectivity index (χ0v) is 17.3. The summed E-state index contributed by atoms with van der Waals surface area (Å²) in [5.41, 5.74) is 1.25. The molecule has 0 nitrogen and oxygen atoms in total. The summed E-state index contributed by atoms with van der Waals surface area (Å²) >= 11 is -2.97. The summed E-state index contributed by atoms with van der Waals surface area (Å²) in [5, 5.41) is 0. The Hall–Kier alpha value is -2.84. The minimum absolute atomic E-state index is 1.25. The van der Waals surface area contributed by atoms with E-state index in [1.807, 2.05) is 0 Å². The molecule has 0 aliphatic carbocycles. The fourth-order valence-electron chi connectivity index (χ4n) is 3.68. The van der Waals surface area contributed by atoms with Gasteiger partial charge in [-0.3, -0.25) is 0 Å². The van der Waals surface area contributed by atoms with Crippen molar-refractivity contribution in [2.24, 2.45) is 0 Å². The average Bonchev–Trinajstić information content (AvgIpc) is 2.77. The number of benzene rings is 4. The molecule has 1 heteroatoms. The fraction of sp³-hybridized carbons (Fsp3) is 0. The molecule has 4 aromatic carbocycles. The first-order valence-electron chi connectivity index (χ1n) is 9.30. The Morgan fingerprint density at radius 3 is 1.11 bits per heavy atom. The van der Waals surface area contributed by atoms with Crippen molar-refractivity contribution in [3.05, 3.63) is 132 Å². The third-order valence-electron chi connectivity index (χ3n) is 5.01. The maximum absolute atomic E-state index is 2.97. The normalized spacial score (nSPS) is 11.6. The monoisotopic (exact) mass is 408 g/mol. The first-order valence-corrected chi connectivity index (χ1v) is 13.7. The molecule has 130 valence electrons. The molecule has 0 saturated heterocycles. The summed E-state index contributed by atoms with van der Waals surface area (Å²) in [4.78, 5) is 2.52. The van der Waals surface area contributed by atoms with E-state index in [9.17, 15) is 0 Å². The SMILES string of the molecule is C(=[CH]\[Ge]([c]1ccccc1)([c]1ccccc1)[c]1ccccc1)/c1ccccc1. The van der Waals surface area contributed by atoms with Gasteiger partial charge in [0.05, 0.1) is 0 Å². The van der Waals surface area contributed by atoms with Crippen LogP contribution in [-0.2, 0) is 0 Å². The van der Waals surface area contributed by atoms with E-state index in [2.05, 4.69) is 132 Å². The van der Waals surface area contributed by atoms with E-state index in [0.29, 0.717) is 0 Å². The molecule has 0 spiro atoms. The molecule has 0 fully saturated rings. The topological polar surface area (TPSA) is 0 Å². The molecule has 0 radical (unpaired) electrons. The maximum atomic E-state index is 2.52. The molecule has 0 heterocycles. The van der Waals surface area contributed by atoms with Crippen molar-refractivity contribution >= 4 is 32.5 Å². The predicted molar refractivity (Wildman–Crippen MR) is 119 cm³/mol. The standard InChI is InChI=1S/C26H22Ge/c1-5-13-23(14-6-1)21-22-27(24-15-7-2-8-16-24,25-17-9-3-10-18-25)26-19-11-4-12-20-26/h1-22H/b22-21+. The Morgan fingerprint density at radius 1 is 0.407 bits per heavy atom. The number of hydrogen-bond donors (Lipinski definition) is 0. The van der Waals surface area contributed by atoms with Gasteiger partial charge in [-0.05, 0) is 0 Å². The zero-order chi connectivity index (χ0) is 18.4. The molecular formula is C26H22Ge. The fourth-order valence-corrected chi connectivity index (χ4v) is 12.4. The van der Waals surface area contributed by atoms with Crippen LogP contribution in [0, 0.1) is 0 Å². The van der Waals surface area contributed by atoms with E-state index in [1.165, 1.54) is 18.8 Å². The van der Waals surface area contributed by atoms with Gasteiger partial charge >= 0.3 is 164 Å². The molecule has 0 aliphatic heterocycles. The van der Waals surface area contributed by atoms with Gasteiger partial charge in [0.25, 0.3) is 0 Å². The third kappa shape index (κ3) is 3.67. The van der Waals surface area contributed by atoms with Crippen LogP contribution in [0.4, 0.5) is 0 Å². The summed E-state index contributed by atoms with van der Waals surface area (Å²) in [6.45, 7) is 0. The van der Waals surface area contributed by atoms with Crippen molar-refractivity contribution in [2.45, 2.75) is 0 Å². The molecule has 0 N–H and O–H groups in total. The zero-order valence-electron chi connectivity index (χ0n) is 15.2. The Balaban J connectivity index is 1.99. The molecule has 0 atom stereocenters. The second kappa shape index (κ2) is 8.24. The molecule has 0 unspecified atom stereocenters. The number of hydrogen-bond acceptors (Lipinski definition) is 0. The van der Waals surface area contributed by atoms with Crippen LogP contribution < -0.4 is 13.2 Å². The van der Waals surface area contributed by atoms with Crippen molar-refractivity contribution in [1.82, 2.24) is 0 Å². The first kappa shape index (κ1) is 17.6. The van der Waals surface area contributed by atoms with Crippen molar-refractivity contribution in [3.63, 3.8) is 0 Å². The van der Waals surface area contributed by atoms with E-state index < -0.39 is 13.3 Å². The predicted octanol–water partition coefficient (Wildman–Crippen LogP) is 4.41. The van der Waals surface area contributed by atoms with E-state index in [0.717, 1.165) is 0 Å². The van der Waals surface area contributed by atoms with Gasteiger partial charge in [-0.2, -0.15) is 0 Å². The Labute approximate surface area is 164 Å². The molecule has 4 aromatic rings. The Bertz CT molecular complexity index is 894. The van der Waals surface area contributed by atoms with Gasteiger partial charge in [0.2, 0.25) is 0 Å². The van der Waals surface area contributed by atoms with Crippen LogP contribution >= 0.6 is 0 Å². The van der Waals surface area contributed by atoms with Crippen molar-refractivity contribution in [1.29, 1.82) is 0 Å². The Morgan fingerprint density at radius 2 is 0.741 bits per heavy atom. The van der Waals surface area contributed by atoms with Crippen LogP contribution in [0.1, 0.15) is 5.56 Å². The van der Waals surface area contributed by atoms with Gasteiger partial charge in [-0.25, -0.2) is 0 Å². The molecule has 4 rings (SSSR count). The second-order valence-electron chi connectivity index (χ2n) is 6.65. The van der Waals surface area contributed by atoms with Gasteiger partial charge in [0.1, 0.15) is 0 Å². The van der Waals surface area contributed by atoms with Crippen LogP contribution in [-0.4, -0.2) is 13.3 Å². The Kier molecular flexibility index (Phi) is 5.36. The second-order valence-corrected chi connectivity index (χ2v) is 14.4. The summed E-state index contributed by atoms with van der Waals surface area (Å²) in [6.07, 6.45) is 2.31. The van der Waals surface area contributed by atoms with Crippen molar-refractivity contribution in [2.75, 3.05) is 0 Å². The molecule has 0 aliphatic rings. The van der Waals surface area contributed by atoms with E-state index >= 15 is 0 Å². The van der Waals surface area contributed by atoms with Crippen molar-refractivity contribution in [3.8, 4) is 0 Å². The molecular weight excluding hydrogens is 385 g/mol. The van der Waals surface area contributed by atoms with Crippen LogP contribution in [0.3, 0.4) is 0 Å². The molecule has 27 heavy (non-hydrogen) atoms. The number of rotatable bonds is 5. The molecule has 0 aromatic heterocycles. The molecule has 0 amide bonds. The first-order chi connectivity index (χ1) is 13.4. The van der Waals surface area contributed by atoms with Gasteiger partial charge in [-0.15, -0.1) is 0 Å². The van der Waals surface area contributed by atoms with E-state index in [1.54, 1.807) is 0 Å². The quantitative estimate of drug-likeness (QED) is 0.430.